The first kappa shape index (κ1) is 20.9. The van der Waals surface area contributed by atoms with Gasteiger partial charge in [-0.25, -0.2) is 9.97 Å². The number of benzene rings is 1. The van der Waals surface area contributed by atoms with Gasteiger partial charge in [0.1, 0.15) is 35.4 Å². The van der Waals surface area contributed by atoms with Gasteiger partial charge >= 0.3 is 0 Å². The summed E-state index contributed by atoms with van der Waals surface area (Å²) < 4.78 is 10.8. The molecule has 1 amide bonds. The summed E-state index contributed by atoms with van der Waals surface area (Å²) in [4.78, 5) is 21.2. The average Bonchev–Trinajstić information content (AvgIpc) is 2.99. The summed E-state index contributed by atoms with van der Waals surface area (Å²) in [7, 11) is 1.62. The maximum atomic E-state index is 12.5. The predicted octanol–water partition coefficient (Wildman–Crippen LogP) is 3.74. The second-order valence-corrected chi connectivity index (χ2v) is 7.30. The van der Waals surface area contributed by atoms with Crippen molar-refractivity contribution in [2.24, 2.45) is 0 Å². The molecule has 2 N–H and O–H groups in total. The van der Waals surface area contributed by atoms with Gasteiger partial charge in [-0.3, -0.25) is 4.79 Å². The van der Waals surface area contributed by atoms with E-state index < -0.39 is 0 Å². The minimum Gasteiger partial charge on any atom is -0.497 e. The van der Waals surface area contributed by atoms with Crippen molar-refractivity contribution in [2.75, 3.05) is 25.6 Å². The number of hydrogen-bond acceptors (Lipinski definition) is 6. The van der Waals surface area contributed by atoms with Gasteiger partial charge in [0, 0.05) is 12.1 Å². The minimum absolute atomic E-state index is 0.224. The predicted molar refractivity (Wildman–Crippen MR) is 113 cm³/mol. The van der Waals surface area contributed by atoms with Crippen molar-refractivity contribution in [2.45, 2.75) is 51.5 Å². The third kappa shape index (κ3) is 6.62. The second-order valence-electron chi connectivity index (χ2n) is 7.30. The first-order valence-corrected chi connectivity index (χ1v) is 10.3. The molecule has 2 aromatic rings. The van der Waals surface area contributed by atoms with Crippen molar-refractivity contribution >= 4 is 11.7 Å². The van der Waals surface area contributed by atoms with E-state index in [1.165, 1.54) is 25.7 Å². The molecule has 0 bridgehead atoms. The van der Waals surface area contributed by atoms with E-state index in [0.717, 1.165) is 30.2 Å². The van der Waals surface area contributed by atoms with Crippen LogP contribution >= 0.6 is 0 Å². The number of methoxy groups -OCH3 is 1. The van der Waals surface area contributed by atoms with Crippen LogP contribution in [-0.4, -0.2) is 42.2 Å². The Bertz CT molecular complexity index is 787. The number of hydrogen-bond donors (Lipinski definition) is 2. The molecule has 3 rings (SSSR count). The number of ether oxygens (including phenoxy) is 2. The maximum absolute atomic E-state index is 12.5. The van der Waals surface area contributed by atoms with E-state index >= 15 is 0 Å². The Balaban J connectivity index is 1.49. The number of anilines is 1. The normalized spacial score (nSPS) is 14.7. The smallest absolute Gasteiger partial charge is 0.270 e. The number of aromatic nitrogens is 2. The van der Waals surface area contributed by atoms with Gasteiger partial charge < -0.3 is 20.1 Å². The Morgan fingerprint density at radius 2 is 1.76 bits per heavy atom. The van der Waals surface area contributed by atoms with Gasteiger partial charge in [-0.2, -0.15) is 0 Å². The summed E-state index contributed by atoms with van der Waals surface area (Å²) in [5, 5.41) is 6.34. The number of amides is 1. The Morgan fingerprint density at radius 1 is 1.07 bits per heavy atom. The largest absolute Gasteiger partial charge is 0.497 e. The first-order valence-electron chi connectivity index (χ1n) is 10.3. The third-order valence-corrected chi connectivity index (χ3v) is 4.99. The van der Waals surface area contributed by atoms with E-state index in [9.17, 15) is 4.79 Å². The highest BCUT2D eigenvalue weighted by Gasteiger charge is 2.15. The van der Waals surface area contributed by atoms with Crippen LogP contribution in [0, 0.1) is 6.92 Å². The molecule has 1 fully saturated rings. The third-order valence-electron chi connectivity index (χ3n) is 4.99. The summed E-state index contributed by atoms with van der Waals surface area (Å²) in [5.41, 5.74) is 0.373. The van der Waals surface area contributed by atoms with Gasteiger partial charge in [-0.05, 0) is 44.0 Å². The van der Waals surface area contributed by atoms with Crippen LogP contribution in [0.15, 0.2) is 30.3 Å². The number of carbonyl (C=O) groups excluding carboxylic acids is 1. The van der Waals surface area contributed by atoms with Gasteiger partial charge in [0.2, 0.25) is 0 Å². The Hall–Kier alpha value is -2.83. The van der Waals surface area contributed by atoms with E-state index in [-0.39, 0.29) is 5.91 Å². The first-order chi connectivity index (χ1) is 14.1. The molecule has 1 aliphatic carbocycles. The highest BCUT2D eigenvalue weighted by Crippen LogP contribution is 2.21. The van der Waals surface area contributed by atoms with E-state index in [4.69, 9.17) is 9.47 Å². The molecule has 0 spiro atoms. The van der Waals surface area contributed by atoms with Gasteiger partial charge in [0.05, 0.1) is 13.7 Å². The van der Waals surface area contributed by atoms with E-state index in [1.807, 2.05) is 31.2 Å². The van der Waals surface area contributed by atoms with Crippen LogP contribution in [0.3, 0.4) is 0 Å². The van der Waals surface area contributed by atoms with E-state index in [0.29, 0.717) is 30.7 Å². The number of rotatable bonds is 8. The van der Waals surface area contributed by atoms with Crippen LogP contribution in [0.25, 0.3) is 0 Å². The van der Waals surface area contributed by atoms with Gasteiger partial charge in [-0.15, -0.1) is 0 Å². The molecule has 1 saturated carbocycles. The maximum Gasteiger partial charge on any atom is 0.270 e. The van der Waals surface area contributed by atoms with Crippen LogP contribution in [0.2, 0.25) is 0 Å². The van der Waals surface area contributed by atoms with E-state index in [1.54, 1.807) is 13.2 Å². The number of nitrogens with zero attached hydrogens (tertiary/aromatic N) is 2. The zero-order valence-corrected chi connectivity index (χ0v) is 17.2. The number of carbonyl (C=O) groups is 1. The van der Waals surface area contributed by atoms with Crippen molar-refractivity contribution in [1.29, 1.82) is 0 Å². The fourth-order valence-corrected chi connectivity index (χ4v) is 3.49. The van der Waals surface area contributed by atoms with Crippen LogP contribution in [0.4, 0.5) is 5.82 Å². The summed E-state index contributed by atoms with van der Waals surface area (Å²) in [6.45, 7) is 2.57. The van der Waals surface area contributed by atoms with Crippen LogP contribution in [0.1, 0.15) is 54.8 Å². The molecule has 1 aromatic heterocycles. The van der Waals surface area contributed by atoms with Crippen LogP contribution in [-0.2, 0) is 0 Å². The molecule has 1 heterocycles. The SMILES string of the molecule is COc1ccc(OCCNC(=O)c2cc(NC3CCCCCC3)nc(C)n2)cc1. The molecular weight excluding hydrogens is 368 g/mol. The molecule has 1 aromatic carbocycles. The fraction of sp³-hybridized carbons (Fsp3) is 0.500. The molecule has 7 nitrogen and oxygen atoms in total. The Kier molecular flexibility index (Phi) is 7.67. The zero-order chi connectivity index (χ0) is 20.5. The molecule has 7 heteroatoms. The Labute approximate surface area is 172 Å². The Morgan fingerprint density at radius 3 is 2.45 bits per heavy atom. The molecular formula is C22H30N4O3. The lowest BCUT2D eigenvalue weighted by Gasteiger charge is -2.17. The lowest BCUT2D eigenvalue weighted by atomic mass is 10.1. The zero-order valence-electron chi connectivity index (χ0n) is 17.2. The monoisotopic (exact) mass is 398 g/mol. The quantitative estimate of drug-likeness (QED) is 0.520. The fourth-order valence-electron chi connectivity index (χ4n) is 3.49. The molecule has 0 radical (unpaired) electrons. The topological polar surface area (TPSA) is 85.4 Å². The van der Waals surface area contributed by atoms with Crippen molar-refractivity contribution in [3.05, 3.63) is 41.9 Å². The van der Waals surface area contributed by atoms with Crippen molar-refractivity contribution in [1.82, 2.24) is 15.3 Å². The average molecular weight is 399 g/mol. The van der Waals surface area contributed by atoms with Crippen molar-refractivity contribution < 1.29 is 14.3 Å². The second kappa shape index (κ2) is 10.6. The summed E-state index contributed by atoms with van der Waals surface area (Å²) in [5.74, 6) is 2.59. The summed E-state index contributed by atoms with van der Waals surface area (Å²) >= 11 is 0. The molecule has 0 unspecified atom stereocenters. The molecule has 1 aliphatic rings. The standard InChI is InChI=1S/C22H30N4O3/c1-16-24-20(15-21(25-16)26-17-7-5-3-4-6-8-17)22(27)23-13-14-29-19-11-9-18(28-2)10-12-19/h9-12,15,17H,3-8,13-14H2,1-2H3,(H,23,27)(H,24,25,26). The summed E-state index contributed by atoms with van der Waals surface area (Å²) in [6.07, 6.45) is 7.37. The van der Waals surface area contributed by atoms with Crippen LogP contribution < -0.4 is 20.1 Å². The molecule has 156 valence electrons. The van der Waals surface area contributed by atoms with E-state index in [2.05, 4.69) is 20.6 Å². The van der Waals surface area contributed by atoms with Crippen molar-refractivity contribution in [3.63, 3.8) is 0 Å². The molecule has 29 heavy (non-hydrogen) atoms. The molecule has 0 saturated heterocycles. The van der Waals surface area contributed by atoms with Gasteiger partial charge in [0.15, 0.2) is 0 Å². The minimum atomic E-state index is -0.224. The number of aryl methyl sites for hydroxylation is 1. The summed E-state index contributed by atoms with van der Waals surface area (Å²) in [6, 6.07) is 9.48. The van der Waals surface area contributed by atoms with Gasteiger partial charge in [0.25, 0.3) is 5.91 Å². The van der Waals surface area contributed by atoms with Crippen molar-refractivity contribution in [3.8, 4) is 11.5 Å². The highest BCUT2D eigenvalue weighted by atomic mass is 16.5. The lowest BCUT2D eigenvalue weighted by Crippen LogP contribution is -2.29. The van der Waals surface area contributed by atoms with Crippen LogP contribution in [0.5, 0.6) is 11.5 Å². The molecule has 0 atom stereocenters. The highest BCUT2D eigenvalue weighted by molar-refractivity contribution is 5.92. The lowest BCUT2D eigenvalue weighted by molar-refractivity contribution is 0.0941. The number of nitrogens with one attached hydrogen (secondary N) is 2. The van der Waals surface area contributed by atoms with Gasteiger partial charge in [-0.1, -0.05) is 25.7 Å². The molecule has 0 aliphatic heterocycles.